The highest BCUT2D eigenvalue weighted by Gasteiger charge is 2.41. The molecule has 2 atom stereocenters. The molecule has 27 heavy (non-hydrogen) atoms. The fourth-order valence-electron chi connectivity index (χ4n) is 3.92. The lowest BCUT2D eigenvalue weighted by Gasteiger charge is -2.42. The molecule has 7 heteroatoms. The van der Waals surface area contributed by atoms with E-state index in [2.05, 4.69) is 5.32 Å². The van der Waals surface area contributed by atoms with Gasteiger partial charge in [-0.25, -0.2) is 0 Å². The van der Waals surface area contributed by atoms with Crippen molar-refractivity contribution in [1.29, 1.82) is 5.41 Å². The molecule has 0 spiro atoms. The van der Waals surface area contributed by atoms with Gasteiger partial charge in [-0.3, -0.25) is 15.0 Å². The van der Waals surface area contributed by atoms with E-state index >= 15 is 0 Å². The monoisotopic (exact) mass is 371 g/mol. The number of nitrogens with one attached hydrogen (secondary N) is 2. The van der Waals surface area contributed by atoms with E-state index in [1.54, 1.807) is 17.0 Å². The molecule has 2 fully saturated rings. The highest BCUT2D eigenvalue weighted by atomic mass is 16.2. The van der Waals surface area contributed by atoms with Gasteiger partial charge in [0.25, 0.3) is 0 Å². The third kappa shape index (κ3) is 4.47. The molecule has 7 nitrogen and oxygen atoms in total. The number of nitrogen functional groups attached to an aromatic ring is 1. The molecule has 3 rings (SSSR count). The van der Waals surface area contributed by atoms with Crippen LogP contribution in [0.5, 0.6) is 0 Å². The number of nitrogens with two attached hydrogens (primary N) is 2. The van der Waals surface area contributed by atoms with Crippen molar-refractivity contribution in [3.63, 3.8) is 0 Å². The Kier molecular flexibility index (Phi) is 6.11. The Morgan fingerprint density at radius 3 is 2.37 bits per heavy atom. The Hall–Kier alpha value is -2.41. The van der Waals surface area contributed by atoms with Gasteiger partial charge >= 0.3 is 0 Å². The molecule has 1 aliphatic heterocycles. The van der Waals surface area contributed by atoms with Crippen molar-refractivity contribution in [2.45, 2.75) is 57.2 Å². The van der Waals surface area contributed by atoms with Gasteiger partial charge in [-0.1, -0.05) is 43.5 Å². The summed E-state index contributed by atoms with van der Waals surface area (Å²) in [6.07, 6.45) is 6.19. The number of likely N-dealkylation sites (tertiary alicyclic amines) is 1. The van der Waals surface area contributed by atoms with E-state index in [0.717, 1.165) is 31.2 Å². The molecule has 0 bridgehead atoms. The summed E-state index contributed by atoms with van der Waals surface area (Å²) in [5.41, 5.74) is 13.2. The summed E-state index contributed by atoms with van der Waals surface area (Å²) in [6, 6.07) is 6.28. The topological polar surface area (TPSA) is 125 Å². The molecular weight excluding hydrogens is 342 g/mol. The average molecular weight is 371 g/mol. The first-order valence-corrected chi connectivity index (χ1v) is 9.74. The van der Waals surface area contributed by atoms with Crippen LogP contribution < -0.4 is 16.8 Å². The number of nitrogens with zero attached hydrogens (tertiary/aromatic N) is 1. The standard InChI is InChI=1S/C20H29N5O2/c21-17(14-4-2-1-3-5-14)20(27)25-11-10-16(25)19(26)24-12-13-6-8-15(9-7-13)18(22)23/h6-9,14,16-17H,1-5,10-12,21H2,(H3,22,23)(H,24,26)/t16-,17-/m0/s1. The van der Waals surface area contributed by atoms with E-state index < -0.39 is 12.1 Å². The van der Waals surface area contributed by atoms with Gasteiger partial charge in [-0.15, -0.1) is 0 Å². The van der Waals surface area contributed by atoms with Crippen molar-refractivity contribution >= 4 is 17.6 Å². The molecule has 1 heterocycles. The molecule has 1 aliphatic carbocycles. The number of hydrogen-bond acceptors (Lipinski definition) is 4. The van der Waals surface area contributed by atoms with Crippen molar-refractivity contribution in [3.05, 3.63) is 35.4 Å². The summed E-state index contributed by atoms with van der Waals surface area (Å²) < 4.78 is 0. The number of rotatable bonds is 6. The molecule has 1 saturated heterocycles. The smallest absolute Gasteiger partial charge is 0.243 e. The van der Waals surface area contributed by atoms with Crippen LogP contribution in [0, 0.1) is 11.3 Å². The van der Waals surface area contributed by atoms with Gasteiger partial charge in [-0.2, -0.15) is 0 Å². The van der Waals surface area contributed by atoms with E-state index in [1.165, 1.54) is 6.42 Å². The summed E-state index contributed by atoms with van der Waals surface area (Å²) in [4.78, 5) is 26.8. The predicted molar refractivity (Wildman–Crippen MR) is 104 cm³/mol. The van der Waals surface area contributed by atoms with Gasteiger partial charge in [0, 0.05) is 18.7 Å². The molecule has 1 aromatic rings. The van der Waals surface area contributed by atoms with Crippen molar-refractivity contribution < 1.29 is 9.59 Å². The third-order valence-corrected chi connectivity index (χ3v) is 5.78. The summed E-state index contributed by atoms with van der Waals surface area (Å²) in [6.45, 7) is 0.981. The molecule has 0 aromatic heterocycles. The molecule has 146 valence electrons. The predicted octanol–water partition coefficient (Wildman–Crippen LogP) is 1.10. The maximum Gasteiger partial charge on any atom is 0.243 e. The Balaban J connectivity index is 1.51. The average Bonchev–Trinajstić information content (AvgIpc) is 2.65. The van der Waals surface area contributed by atoms with Gasteiger partial charge in [0.15, 0.2) is 0 Å². The lowest BCUT2D eigenvalue weighted by Crippen LogP contribution is -2.62. The quantitative estimate of drug-likeness (QED) is 0.441. The second-order valence-corrected chi connectivity index (χ2v) is 7.59. The lowest BCUT2D eigenvalue weighted by atomic mass is 9.83. The molecule has 2 aliphatic rings. The van der Waals surface area contributed by atoms with Gasteiger partial charge in [0.2, 0.25) is 11.8 Å². The second-order valence-electron chi connectivity index (χ2n) is 7.59. The third-order valence-electron chi connectivity index (χ3n) is 5.78. The van der Waals surface area contributed by atoms with Crippen LogP contribution in [-0.2, 0) is 16.1 Å². The van der Waals surface area contributed by atoms with Crippen molar-refractivity contribution in [3.8, 4) is 0 Å². The zero-order chi connectivity index (χ0) is 19.4. The highest BCUT2D eigenvalue weighted by molar-refractivity contribution is 5.95. The molecular formula is C20H29N5O2. The number of carbonyl (C=O) groups is 2. The zero-order valence-electron chi connectivity index (χ0n) is 15.6. The van der Waals surface area contributed by atoms with E-state index in [4.69, 9.17) is 16.9 Å². The van der Waals surface area contributed by atoms with Gasteiger partial charge in [0.05, 0.1) is 6.04 Å². The summed E-state index contributed by atoms with van der Waals surface area (Å²) >= 11 is 0. The first kappa shape index (κ1) is 19.4. The Morgan fingerprint density at radius 2 is 1.81 bits per heavy atom. The zero-order valence-corrected chi connectivity index (χ0v) is 15.6. The summed E-state index contributed by atoms with van der Waals surface area (Å²) in [7, 11) is 0. The molecule has 2 amide bonds. The minimum atomic E-state index is -0.486. The Bertz CT molecular complexity index is 697. The van der Waals surface area contributed by atoms with Crippen LogP contribution in [0.2, 0.25) is 0 Å². The molecule has 1 saturated carbocycles. The van der Waals surface area contributed by atoms with Crippen LogP contribution in [0.3, 0.4) is 0 Å². The maximum atomic E-state index is 12.7. The minimum absolute atomic E-state index is 0.0171. The first-order chi connectivity index (χ1) is 13.0. The Labute approximate surface area is 160 Å². The number of carbonyl (C=O) groups excluding carboxylic acids is 2. The number of benzene rings is 1. The highest BCUT2D eigenvalue weighted by Crippen LogP contribution is 2.28. The SMILES string of the molecule is N=C(N)c1ccc(CNC(=O)[C@@H]2CCN2C(=O)[C@@H](N)C2CCCCC2)cc1. The first-order valence-electron chi connectivity index (χ1n) is 9.74. The summed E-state index contributed by atoms with van der Waals surface area (Å²) in [5.74, 6) is 0.0408. The van der Waals surface area contributed by atoms with Crippen LogP contribution in [0.15, 0.2) is 24.3 Å². The number of amidine groups is 1. The van der Waals surface area contributed by atoms with E-state index in [0.29, 0.717) is 25.1 Å². The van der Waals surface area contributed by atoms with Crippen LogP contribution >= 0.6 is 0 Å². The fraction of sp³-hybridized carbons (Fsp3) is 0.550. The maximum absolute atomic E-state index is 12.7. The van der Waals surface area contributed by atoms with E-state index in [9.17, 15) is 9.59 Å². The van der Waals surface area contributed by atoms with Gasteiger partial charge < -0.3 is 21.7 Å². The van der Waals surface area contributed by atoms with Gasteiger partial charge in [-0.05, 0) is 30.7 Å². The van der Waals surface area contributed by atoms with Crippen molar-refractivity contribution in [1.82, 2.24) is 10.2 Å². The minimum Gasteiger partial charge on any atom is -0.384 e. The normalized spacial score (nSPS) is 21.2. The van der Waals surface area contributed by atoms with Crippen LogP contribution in [0.25, 0.3) is 0 Å². The second kappa shape index (κ2) is 8.52. The van der Waals surface area contributed by atoms with Crippen LogP contribution in [0.4, 0.5) is 0 Å². The Morgan fingerprint density at radius 1 is 1.15 bits per heavy atom. The van der Waals surface area contributed by atoms with Crippen LogP contribution in [0.1, 0.15) is 49.7 Å². The number of hydrogen-bond donors (Lipinski definition) is 4. The van der Waals surface area contributed by atoms with Crippen molar-refractivity contribution in [2.24, 2.45) is 17.4 Å². The van der Waals surface area contributed by atoms with Crippen LogP contribution in [-0.4, -0.2) is 41.2 Å². The molecule has 6 N–H and O–H groups in total. The fourth-order valence-corrected chi connectivity index (χ4v) is 3.92. The molecule has 0 radical (unpaired) electrons. The lowest BCUT2D eigenvalue weighted by molar-refractivity contribution is -0.149. The summed E-state index contributed by atoms with van der Waals surface area (Å²) in [5, 5.41) is 10.3. The van der Waals surface area contributed by atoms with Crippen molar-refractivity contribution in [2.75, 3.05) is 6.54 Å². The van der Waals surface area contributed by atoms with E-state index in [1.807, 2.05) is 12.1 Å². The number of amides is 2. The molecule has 0 unspecified atom stereocenters. The molecule has 1 aromatic carbocycles. The van der Waals surface area contributed by atoms with Gasteiger partial charge in [0.1, 0.15) is 11.9 Å². The van der Waals surface area contributed by atoms with E-state index in [-0.39, 0.29) is 23.6 Å². The largest absolute Gasteiger partial charge is 0.384 e.